The van der Waals surface area contributed by atoms with Crippen LogP contribution in [0.3, 0.4) is 0 Å². The second-order valence-corrected chi connectivity index (χ2v) is 7.43. The lowest BCUT2D eigenvalue weighted by Crippen LogP contribution is -2.02. The van der Waals surface area contributed by atoms with Gasteiger partial charge in [0.05, 0.1) is 5.69 Å². The van der Waals surface area contributed by atoms with Crippen LogP contribution < -0.4 is 0 Å². The van der Waals surface area contributed by atoms with E-state index in [1.54, 1.807) is 6.07 Å². The van der Waals surface area contributed by atoms with E-state index in [9.17, 15) is 4.39 Å². The second kappa shape index (κ2) is 12.0. The Labute approximate surface area is 162 Å². The largest absolute Gasteiger partial charge is 0.272 e. The van der Waals surface area contributed by atoms with Crippen LogP contribution in [0.5, 0.6) is 0 Å². The maximum absolute atomic E-state index is 13.5. The van der Waals surface area contributed by atoms with E-state index in [-0.39, 0.29) is 5.82 Å². The number of aryl methyl sites for hydroxylation is 1. The molecule has 1 N–H and O–H groups in total. The third kappa shape index (κ3) is 7.02. The first-order valence-corrected chi connectivity index (χ1v) is 10.6. The van der Waals surface area contributed by atoms with Crippen molar-refractivity contribution in [1.29, 1.82) is 0 Å². The lowest BCUT2D eigenvalue weighted by Gasteiger charge is -2.07. The van der Waals surface area contributed by atoms with Crippen LogP contribution in [0.2, 0.25) is 0 Å². The number of aromatic nitrogens is 3. The predicted molar refractivity (Wildman–Crippen MR) is 109 cm³/mol. The number of nitrogens with one attached hydrogen (secondary N) is 1. The number of H-pyrrole nitrogens is 1. The molecule has 1 aromatic heterocycles. The molecule has 0 fully saturated rings. The number of aromatic amines is 1. The van der Waals surface area contributed by atoms with Gasteiger partial charge in [0.25, 0.3) is 0 Å². The summed E-state index contributed by atoms with van der Waals surface area (Å²) >= 11 is 5.31. The Morgan fingerprint density at radius 2 is 1.58 bits per heavy atom. The Balaban J connectivity index is 1.66. The molecule has 0 amide bonds. The molecular formula is C21H32FN3S. The van der Waals surface area contributed by atoms with Crippen molar-refractivity contribution in [3.05, 3.63) is 40.7 Å². The third-order valence-electron chi connectivity index (χ3n) is 4.81. The van der Waals surface area contributed by atoms with Crippen LogP contribution in [-0.4, -0.2) is 14.8 Å². The van der Waals surface area contributed by atoms with Crippen molar-refractivity contribution in [2.45, 2.75) is 84.0 Å². The number of rotatable bonds is 13. The van der Waals surface area contributed by atoms with Gasteiger partial charge in [-0.05, 0) is 36.8 Å². The lowest BCUT2D eigenvalue weighted by molar-refractivity contribution is 0.547. The zero-order valence-electron chi connectivity index (χ0n) is 16.0. The van der Waals surface area contributed by atoms with Crippen molar-refractivity contribution < 1.29 is 4.39 Å². The molecule has 0 atom stereocenters. The summed E-state index contributed by atoms with van der Waals surface area (Å²) in [5.74, 6) is 0.628. The Morgan fingerprint density at radius 1 is 0.962 bits per heavy atom. The summed E-state index contributed by atoms with van der Waals surface area (Å²) in [4.78, 5) is 0. The molecule has 0 saturated heterocycles. The molecule has 2 aromatic rings. The first-order valence-electron chi connectivity index (χ1n) is 10.1. The smallest absolute Gasteiger partial charge is 0.199 e. The van der Waals surface area contributed by atoms with Crippen molar-refractivity contribution in [3.63, 3.8) is 0 Å². The Kier molecular flexibility index (Phi) is 9.61. The van der Waals surface area contributed by atoms with E-state index in [1.807, 2.05) is 10.6 Å². The van der Waals surface area contributed by atoms with E-state index in [1.165, 1.54) is 76.3 Å². The van der Waals surface area contributed by atoms with Crippen molar-refractivity contribution in [2.75, 3.05) is 0 Å². The molecule has 3 nitrogen and oxygen atoms in total. The van der Waals surface area contributed by atoms with Gasteiger partial charge in [-0.25, -0.2) is 4.39 Å². The van der Waals surface area contributed by atoms with Gasteiger partial charge in [0.1, 0.15) is 11.6 Å². The number of nitrogens with zero attached hydrogens (tertiary/aromatic N) is 2. The first-order chi connectivity index (χ1) is 12.7. The molecule has 0 aliphatic carbocycles. The quantitative estimate of drug-likeness (QED) is 0.303. The molecule has 0 saturated carbocycles. The van der Waals surface area contributed by atoms with Gasteiger partial charge in [-0.1, -0.05) is 77.2 Å². The van der Waals surface area contributed by atoms with Crippen LogP contribution in [0.1, 0.15) is 83.4 Å². The minimum absolute atomic E-state index is 0.258. The van der Waals surface area contributed by atoms with Gasteiger partial charge in [-0.3, -0.25) is 9.67 Å². The minimum Gasteiger partial charge on any atom is -0.272 e. The van der Waals surface area contributed by atoms with Gasteiger partial charge in [-0.2, -0.15) is 5.10 Å². The van der Waals surface area contributed by atoms with Gasteiger partial charge in [0.2, 0.25) is 0 Å². The zero-order chi connectivity index (χ0) is 18.6. The fourth-order valence-electron chi connectivity index (χ4n) is 3.33. The minimum atomic E-state index is -0.258. The molecular weight excluding hydrogens is 345 g/mol. The lowest BCUT2D eigenvalue weighted by atomic mass is 10.1. The Morgan fingerprint density at radius 3 is 2.19 bits per heavy atom. The molecule has 0 unspecified atom stereocenters. The van der Waals surface area contributed by atoms with Gasteiger partial charge in [0.15, 0.2) is 4.77 Å². The molecule has 0 aliphatic rings. The first kappa shape index (κ1) is 20.8. The van der Waals surface area contributed by atoms with E-state index in [2.05, 4.69) is 17.1 Å². The number of unbranched alkanes of at least 4 members (excludes halogenated alkanes) is 10. The monoisotopic (exact) mass is 377 g/mol. The number of benzene rings is 1. The highest BCUT2D eigenvalue weighted by molar-refractivity contribution is 7.71. The van der Waals surface area contributed by atoms with Crippen LogP contribution in [0.4, 0.5) is 4.39 Å². The zero-order valence-corrected chi connectivity index (χ0v) is 16.8. The van der Waals surface area contributed by atoms with Crippen molar-refractivity contribution in [3.8, 4) is 5.69 Å². The van der Waals surface area contributed by atoms with Gasteiger partial charge >= 0.3 is 0 Å². The van der Waals surface area contributed by atoms with Crippen LogP contribution in [-0.2, 0) is 6.42 Å². The van der Waals surface area contributed by atoms with E-state index in [0.29, 0.717) is 4.77 Å². The summed E-state index contributed by atoms with van der Waals surface area (Å²) in [6, 6.07) is 6.50. The maximum Gasteiger partial charge on any atom is 0.199 e. The summed E-state index contributed by atoms with van der Waals surface area (Å²) in [5.41, 5.74) is 0.738. The van der Waals surface area contributed by atoms with E-state index in [0.717, 1.165) is 24.4 Å². The summed E-state index contributed by atoms with van der Waals surface area (Å²) < 4.78 is 15.8. The normalized spacial score (nSPS) is 11.2. The SMILES string of the molecule is CCCCCCCCCCCCCc1n[nH]c(=S)n1-c1cccc(F)c1. The molecule has 0 aliphatic heterocycles. The summed E-state index contributed by atoms with van der Waals surface area (Å²) in [6.45, 7) is 2.26. The molecule has 1 heterocycles. The van der Waals surface area contributed by atoms with Crippen LogP contribution >= 0.6 is 12.2 Å². The van der Waals surface area contributed by atoms with Crippen molar-refractivity contribution in [1.82, 2.24) is 14.8 Å². The van der Waals surface area contributed by atoms with Crippen molar-refractivity contribution in [2.24, 2.45) is 0 Å². The highest BCUT2D eigenvalue weighted by atomic mass is 32.1. The molecule has 144 valence electrons. The van der Waals surface area contributed by atoms with Crippen LogP contribution in [0.15, 0.2) is 24.3 Å². The molecule has 0 bridgehead atoms. The van der Waals surface area contributed by atoms with Crippen molar-refractivity contribution >= 4 is 12.2 Å². The Hall–Kier alpha value is -1.49. The van der Waals surface area contributed by atoms with E-state index in [4.69, 9.17) is 12.2 Å². The van der Waals surface area contributed by atoms with E-state index < -0.39 is 0 Å². The number of hydrogen-bond donors (Lipinski definition) is 1. The average molecular weight is 378 g/mol. The van der Waals surface area contributed by atoms with Gasteiger partial charge in [0, 0.05) is 6.42 Å². The van der Waals surface area contributed by atoms with E-state index >= 15 is 0 Å². The average Bonchev–Trinajstić information content (AvgIpc) is 3.00. The number of halogens is 1. The highest BCUT2D eigenvalue weighted by Gasteiger charge is 2.08. The van der Waals surface area contributed by atoms with Gasteiger partial charge < -0.3 is 0 Å². The topological polar surface area (TPSA) is 33.6 Å². The predicted octanol–water partition coefficient (Wildman–Crippen LogP) is 6.92. The fraction of sp³-hybridized carbons (Fsp3) is 0.619. The highest BCUT2D eigenvalue weighted by Crippen LogP contribution is 2.16. The fourth-order valence-corrected chi connectivity index (χ4v) is 3.58. The standard InChI is InChI=1S/C21H32FN3S/c1-2-3-4-5-6-7-8-9-10-11-12-16-20-23-24-21(26)25(20)19-15-13-14-18(22)17-19/h13-15,17H,2-12,16H2,1H3,(H,24,26). The third-order valence-corrected chi connectivity index (χ3v) is 5.09. The second-order valence-electron chi connectivity index (χ2n) is 7.05. The van der Waals surface area contributed by atoms with Gasteiger partial charge in [-0.15, -0.1) is 0 Å². The molecule has 5 heteroatoms. The molecule has 0 spiro atoms. The molecule has 26 heavy (non-hydrogen) atoms. The molecule has 1 aromatic carbocycles. The maximum atomic E-state index is 13.5. The summed E-state index contributed by atoms with van der Waals surface area (Å²) in [7, 11) is 0. The molecule has 0 radical (unpaired) electrons. The molecule has 2 rings (SSSR count). The van der Waals surface area contributed by atoms with Crippen LogP contribution in [0.25, 0.3) is 5.69 Å². The summed E-state index contributed by atoms with van der Waals surface area (Å²) in [6.07, 6.45) is 15.4. The number of hydrogen-bond acceptors (Lipinski definition) is 2. The Bertz CT molecular complexity index is 693. The summed E-state index contributed by atoms with van der Waals surface area (Å²) in [5, 5.41) is 7.17. The van der Waals surface area contributed by atoms with Crippen LogP contribution in [0, 0.1) is 10.6 Å².